The Morgan fingerprint density at radius 1 is 1.00 bits per heavy atom. The first kappa shape index (κ1) is 25.4. The van der Waals surface area contributed by atoms with Crippen molar-refractivity contribution in [2.75, 3.05) is 18.9 Å². The number of nitrogens with zero attached hydrogens (tertiary/aromatic N) is 4. The van der Waals surface area contributed by atoms with Crippen molar-refractivity contribution in [2.45, 2.75) is 25.2 Å². The van der Waals surface area contributed by atoms with Gasteiger partial charge in [-0.15, -0.1) is 0 Å². The van der Waals surface area contributed by atoms with Gasteiger partial charge in [0.15, 0.2) is 5.65 Å². The number of nitrogens with one attached hydrogen (secondary N) is 1. The van der Waals surface area contributed by atoms with Crippen molar-refractivity contribution in [1.82, 2.24) is 19.5 Å². The van der Waals surface area contributed by atoms with E-state index in [9.17, 15) is 4.79 Å². The van der Waals surface area contributed by atoms with E-state index < -0.39 is 0 Å². The lowest BCUT2D eigenvalue weighted by Gasteiger charge is -2.18. The lowest BCUT2D eigenvalue weighted by Crippen LogP contribution is -2.28. The van der Waals surface area contributed by atoms with Gasteiger partial charge in [-0.1, -0.05) is 59.6 Å². The highest BCUT2D eigenvalue weighted by Crippen LogP contribution is 2.40. The number of amides is 1. The first-order valence-electron chi connectivity index (χ1n) is 13.0. The molecule has 2 heterocycles. The van der Waals surface area contributed by atoms with Crippen LogP contribution in [0.25, 0.3) is 16.9 Å². The lowest BCUT2D eigenvalue weighted by molar-refractivity contribution is 0.0796. The quantitative estimate of drug-likeness (QED) is 0.213. The Morgan fingerprint density at radius 2 is 1.77 bits per heavy atom. The predicted octanol–water partition coefficient (Wildman–Crippen LogP) is 7.64. The van der Waals surface area contributed by atoms with E-state index in [-0.39, 0.29) is 5.91 Å². The normalized spacial score (nSPS) is 13.0. The molecule has 0 saturated heterocycles. The second kappa shape index (κ2) is 10.7. The van der Waals surface area contributed by atoms with Crippen molar-refractivity contribution in [1.29, 1.82) is 0 Å². The molecule has 0 aliphatic heterocycles. The van der Waals surface area contributed by atoms with Crippen molar-refractivity contribution in [3.05, 3.63) is 112 Å². The number of anilines is 2. The first-order chi connectivity index (χ1) is 18.9. The van der Waals surface area contributed by atoms with Gasteiger partial charge < -0.3 is 10.2 Å². The van der Waals surface area contributed by atoms with E-state index in [1.54, 1.807) is 18.0 Å². The zero-order valence-electron chi connectivity index (χ0n) is 21.4. The SMILES string of the molecule is CN(CCc1ccc(Cl)cc1Cl)C(=O)c1ccc(Nc2cc(-c3ccccc3)nc3cc(C4CC4)nn23)cc1. The minimum Gasteiger partial charge on any atom is -0.341 e. The Kier molecular flexibility index (Phi) is 6.98. The van der Waals surface area contributed by atoms with E-state index in [2.05, 4.69) is 23.5 Å². The number of carbonyl (C=O) groups is 1. The number of halogens is 2. The van der Waals surface area contributed by atoms with E-state index in [1.807, 2.05) is 65.2 Å². The van der Waals surface area contributed by atoms with Gasteiger partial charge in [0, 0.05) is 58.5 Å². The molecule has 8 heteroatoms. The van der Waals surface area contributed by atoms with Crippen molar-refractivity contribution in [3.8, 4) is 11.3 Å². The summed E-state index contributed by atoms with van der Waals surface area (Å²) in [5.41, 5.74) is 6.25. The van der Waals surface area contributed by atoms with Gasteiger partial charge in [0.1, 0.15) is 5.82 Å². The molecule has 0 spiro atoms. The average Bonchev–Trinajstić information content (AvgIpc) is 3.71. The Hall–Kier alpha value is -3.87. The molecule has 1 aliphatic carbocycles. The molecule has 1 aliphatic rings. The smallest absolute Gasteiger partial charge is 0.253 e. The Balaban J connectivity index is 1.20. The molecule has 6 rings (SSSR count). The van der Waals surface area contributed by atoms with E-state index >= 15 is 0 Å². The van der Waals surface area contributed by atoms with Crippen molar-refractivity contribution < 1.29 is 4.79 Å². The summed E-state index contributed by atoms with van der Waals surface area (Å²) in [6.07, 6.45) is 3.00. The third-order valence-corrected chi connectivity index (χ3v) is 7.58. The molecule has 1 N–H and O–H groups in total. The third kappa shape index (κ3) is 5.63. The van der Waals surface area contributed by atoms with Gasteiger partial charge in [0.2, 0.25) is 0 Å². The topological polar surface area (TPSA) is 62.5 Å². The molecule has 2 aromatic heterocycles. The van der Waals surface area contributed by atoms with Gasteiger partial charge >= 0.3 is 0 Å². The molecule has 0 bridgehead atoms. The van der Waals surface area contributed by atoms with Crippen LogP contribution in [0.15, 0.2) is 84.9 Å². The Labute approximate surface area is 237 Å². The molecule has 1 amide bonds. The van der Waals surface area contributed by atoms with Gasteiger partial charge in [-0.25, -0.2) is 4.98 Å². The maximum absolute atomic E-state index is 13.1. The van der Waals surface area contributed by atoms with Crippen LogP contribution in [-0.4, -0.2) is 39.0 Å². The molecule has 196 valence electrons. The average molecular weight is 556 g/mol. The van der Waals surface area contributed by atoms with Crippen LogP contribution in [0.3, 0.4) is 0 Å². The number of benzene rings is 3. The molecule has 3 aromatic carbocycles. The van der Waals surface area contributed by atoms with Crippen LogP contribution >= 0.6 is 23.2 Å². The fourth-order valence-electron chi connectivity index (χ4n) is 4.60. The lowest BCUT2D eigenvalue weighted by atomic mass is 10.1. The summed E-state index contributed by atoms with van der Waals surface area (Å²) < 4.78 is 1.87. The summed E-state index contributed by atoms with van der Waals surface area (Å²) in [7, 11) is 1.80. The number of hydrogen-bond donors (Lipinski definition) is 1. The Morgan fingerprint density at radius 3 is 2.49 bits per heavy atom. The number of hydrogen-bond acceptors (Lipinski definition) is 4. The maximum atomic E-state index is 13.1. The highest BCUT2D eigenvalue weighted by Gasteiger charge is 2.27. The maximum Gasteiger partial charge on any atom is 0.253 e. The minimum absolute atomic E-state index is 0.0505. The van der Waals surface area contributed by atoms with Crippen molar-refractivity contribution in [2.24, 2.45) is 0 Å². The second-order valence-electron chi connectivity index (χ2n) is 9.92. The molecular weight excluding hydrogens is 529 g/mol. The van der Waals surface area contributed by atoms with Crippen molar-refractivity contribution >= 4 is 46.3 Å². The molecule has 0 unspecified atom stereocenters. The number of aromatic nitrogens is 3. The summed E-state index contributed by atoms with van der Waals surface area (Å²) in [5.74, 6) is 1.30. The van der Waals surface area contributed by atoms with Crippen LogP contribution in [0.2, 0.25) is 10.0 Å². The molecule has 0 atom stereocenters. The molecule has 5 aromatic rings. The molecule has 0 radical (unpaired) electrons. The highest BCUT2D eigenvalue weighted by molar-refractivity contribution is 6.35. The second-order valence-corrected chi connectivity index (χ2v) is 10.8. The van der Waals surface area contributed by atoms with Gasteiger partial charge in [0.05, 0.1) is 11.4 Å². The van der Waals surface area contributed by atoms with Gasteiger partial charge in [-0.2, -0.15) is 9.61 Å². The van der Waals surface area contributed by atoms with Crippen LogP contribution in [0.5, 0.6) is 0 Å². The molecule has 6 nitrogen and oxygen atoms in total. The molecular formula is C31H27Cl2N5O. The molecule has 1 saturated carbocycles. The monoisotopic (exact) mass is 555 g/mol. The van der Waals surface area contributed by atoms with E-state index in [0.717, 1.165) is 39.7 Å². The summed E-state index contributed by atoms with van der Waals surface area (Å²) in [6, 6.07) is 27.2. The summed E-state index contributed by atoms with van der Waals surface area (Å²) >= 11 is 12.3. The standard InChI is InChI=1S/C31H27Cl2N5O/c1-37(16-15-20-9-12-24(32)17-26(20)33)31(39)23-10-13-25(14-11-23)34-29-18-27(21-5-3-2-4-6-21)35-30-19-28(22-7-8-22)36-38(29)30/h2-6,9-14,17-19,22,34H,7-8,15-16H2,1H3. The zero-order valence-corrected chi connectivity index (χ0v) is 23.0. The van der Waals surface area contributed by atoms with E-state index in [4.69, 9.17) is 33.3 Å². The van der Waals surface area contributed by atoms with Crippen LogP contribution in [0, 0.1) is 0 Å². The number of fused-ring (bicyclic) bond motifs is 1. The van der Waals surface area contributed by atoms with Gasteiger partial charge in [-0.05, 0) is 61.2 Å². The third-order valence-electron chi connectivity index (χ3n) is 6.99. The molecule has 1 fully saturated rings. The van der Waals surface area contributed by atoms with E-state index in [0.29, 0.717) is 34.5 Å². The summed E-state index contributed by atoms with van der Waals surface area (Å²) in [6.45, 7) is 0.542. The van der Waals surface area contributed by atoms with Crippen LogP contribution in [0.4, 0.5) is 11.5 Å². The minimum atomic E-state index is -0.0505. The zero-order chi connectivity index (χ0) is 26.9. The van der Waals surface area contributed by atoms with E-state index in [1.165, 1.54) is 12.8 Å². The summed E-state index contributed by atoms with van der Waals surface area (Å²) in [5, 5.41) is 9.55. The Bertz CT molecular complexity index is 1650. The largest absolute Gasteiger partial charge is 0.341 e. The fraction of sp³-hybridized carbons (Fsp3) is 0.194. The highest BCUT2D eigenvalue weighted by atomic mass is 35.5. The fourth-order valence-corrected chi connectivity index (χ4v) is 5.10. The number of likely N-dealkylation sites (N-methyl/N-ethyl adjacent to an activating group) is 1. The van der Waals surface area contributed by atoms with Gasteiger partial charge in [-0.3, -0.25) is 4.79 Å². The number of rotatable bonds is 8. The van der Waals surface area contributed by atoms with Crippen LogP contribution in [-0.2, 0) is 6.42 Å². The summed E-state index contributed by atoms with van der Waals surface area (Å²) in [4.78, 5) is 19.6. The number of carbonyl (C=O) groups excluding carboxylic acids is 1. The van der Waals surface area contributed by atoms with Crippen LogP contribution in [0.1, 0.15) is 40.4 Å². The predicted molar refractivity (Wildman–Crippen MR) is 157 cm³/mol. The molecule has 39 heavy (non-hydrogen) atoms. The van der Waals surface area contributed by atoms with Gasteiger partial charge in [0.25, 0.3) is 5.91 Å². The van der Waals surface area contributed by atoms with Crippen molar-refractivity contribution in [3.63, 3.8) is 0 Å². The first-order valence-corrected chi connectivity index (χ1v) is 13.7. The van der Waals surface area contributed by atoms with Crippen LogP contribution < -0.4 is 5.32 Å².